The lowest BCUT2D eigenvalue weighted by Gasteiger charge is -2.34. The second-order valence-corrected chi connectivity index (χ2v) is 5.16. The summed E-state index contributed by atoms with van der Waals surface area (Å²) in [5.74, 6) is -0.169. The quantitative estimate of drug-likeness (QED) is 0.777. The van der Waals surface area contributed by atoms with Gasteiger partial charge in [0.1, 0.15) is 12.4 Å². The molecule has 108 valence electrons. The fourth-order valence-corrected chi connectivity index (χ4v) is 2.19. The van der Waals surface area contributed by atoms with Gasteiger partial charge in [-0.05, 0) is 43.7 Å². The van der Waals surface area contributed by atoms with Crippen molar-refractivity contribution in [3.63, 3.8) is 0 Å². The maximum atomic E-state index is 10.5. The summed E-state index contributed by atoms with van der Waals surface area (Å²) in [6.07, 6.45) is 6.63. The van der Waals surface area contributed by atoms with Gasteiger partial charge in [-0.1, -0.05) is 18.6 Å². The molecule has 1 aromatic rings. The van der Waals surface area contributed by atoms with Gasteiger partial charge < -0.3 is 14.7 Å². The maximum absolute atomic E-state index is 10.5. The molecular formula is C16H21NO3. The zero-order valence-electron chi connectivity index (χ0n) is 11.8. The van der Waals surface area contributed by atoms with Gasteiger partial charge in [-0.15, -0.1) is 0 Å². The smallest absolute Gasteiger partial charge is 0.328 e. The van der Waals surface area contributed by atoms with Crippen molar-refractivity contribution in [3.8, 4) is 5.75 Å². The standard InChI is InChI=1S/C16H21NO3/c1-17(14-5-3-6-14)10-11-20-15-7-2-4-13(12-15)8-9-16(18)19/h2,4,7-9,12,14H,3,5-6,10-11H2,1H3,(H,18,19)/b9-8+. The van der Waals surface area contributed by atoms with Crippen LogP contribution in [0.1, 0.15) is 24.8 Å². The maximum Gasteiger partial charge on any atom is 0.328 e. The van der Waals surface area contributed by atoms with E-state index < -0.39 is 5.97 Å². The molecule has 2 rings (SSSR count). The number of benzene rings is 1. The predicted octanol–water partition coefficient (Wildman–Crippen LogP) is 2.65. The molecule has 0 saturated heterocycles. The van der Waals surface area contributed by atoms with Crippen LogP contribution in [0.15, 0.2) is 30.3 Å². The first kappa shape index (κ1) is 14.6. The van der Waals surface area contributed by atoms with Crippen molar-refractivity contribution in [2.75, 3.05) is 20.2 Å². The number of carboxylic acid groups (broad SMARTS) is 1. The van der Waals surface area contributed by atoms with Crippen LogP contribution in [0.3, 0.4) is 0 Å². The highest BCUT2D eigenvalue weighted by atomic mass is 16.5. The third kappa shape index (κ3) is 4.38. The van der Waals surface area contributed by atoms with Crippen molar-refractivity contribution in [1.82, 2.24) is 4.90 Å². The van der Waals surface area contributed by atoms with E-state index in [1.807, 2.05) is 24.3 Å². The molecule has 1 fully saturated rings. The van der Waals surface area contributed by atoms with Gasteiger partial charge >= 0.3 is 5.97 Å². The Morgan fingerprint density at radius 3 is 2.95 bits per heavy atom. The van der Waals surface area contributed by atoms with E-state index in [0.29, 0.717) is 6.61 Å². The molecule has 0 spiro atoms. The Morgan fingerprint density at radius 1 is 1.50 bits per heavy atom. The Morgan fingerprint density at radius 2 is 2.30 bits per heavy atom. The third-order valence-corrected chi connectivity index (χ3v) is 3.69. The van der Waals surface area contributed by atoms with E-state index in [-0.39, 0.29) is 0 Å². The van der Waals surface area contributed by atoms with Gasteiger partial charge in [0.15, 0.2) is 0 Å². The van der Waals surface area contributed by atoms with E-state index in [1.165, 1.54) is 19.3 Å². The molecule has 0 aliphatic heterocycles. The summed E-state index contributed by atoms with van der Waals surface area (Å²) in [4.78, 5) is 12.8. The van der Waals surface area contributed by atoms with Crippen molar-refractivity contribution in [2.45, 2.75) is 25.3 Å². The third-order valence-electron chi connectivity index (χ3n) is 3.69. The molecule has 0 unspecified atom stereocenters. The molecule has 20 heavy (non-hydrogen) atoms. The first-order valence-corrected chi connectivity index (χ1v) is 6.99. The second-order valence-electron chi connectivity index (χ2n) is 5.16. The summed E-state index contributed by atoms with van der Waals surface area (Å²) < 4.78 is 5.72. The van der Waals surface area contributed by atoms with Crippen LogP contribution in [0.2, 0.25) is 0 Å². The molecule has 0 atom stereocenters. The summed E-state index contributed by atoms with van der Waals surface area (Å²) in [7, 11) is 2.14. The molecule has 1 aromatic carbocycles. The molecule has 0 amide bonds. The van der Waals surface area contributed by atoms with E-state index in [4.69, 9.17) is 9.84 Å². The minimum Gasteiger partial charge on any atom is -0.492 e. The molecule has 0 heterocycles. The van der Waals surface area contributed by atoms with Crippen molar-refractivity contribution in [2.24, 2.45) is 0 Å². The van der Waals surface area contributed by atoms with Crippen molar-refractivity contribution >= 4 is 12.0 Å². The molecule has 4 heteroatoms. The van der Waals surface area contributed by atoms with Gasteiger partial charge in [0.2, 0.25) is 0 Å². The number of likely N-dealkylation sites (N-methyl/N-ethyl adjacent to an activating group) is 1. The zero-order valence-corrected chi connectivity index (χ0v) is 11.8. The Balaban J connectivity index is 1.80. The average Bonchev–Trinajstić information content (AvgIpc) is 2.35. The number of hydrogen-bond donors (Lipinski definition) is 1. The summed E-state index contributed by atoms with van der Waals surface area (Å²) in [6.45, 7) is 1.57. The molecule has 1 saturated carbocycles. The highest BCUT2D eigenvalue weighted by Crippen LogP contribution is 2.23. The number of hydrogen-bond acceptors (Lipinski definition) is 3. The lowest BCUT2D eigenvalue weighted by molar-refractivity contribution is -0.131. The molecular weight excluding hydrogens is 254 g/mol. The van der Waals surface area contributed by atoms with Crippen molar-refractivity contribution in [1.29, 1.82) is 0 Å². The normalized spacial score (nSPS) is 15.5. The van der Waals surface area contributed by atoms with Crippen LogP contribution in [0.4, 0.5) is 0 Å². The van der Waals surface area contributed by atoms with Crippen LogP contribution >= 0.6 is 0 Å². The molecule has 4 nitrogen and oxygen atoms in total. The number of rotatable bonds is 7. The molecule has 1 aliphatic rings. The first-order valence-electron chi connectivity index (χ1n) is 6.99. The lowest BCUT2D eigenvalue weighted by Crippen LogP contribution is -2.39. The van der Waals surface area contributed by atoms with E-state index >= 15 is 0 Å². The minimum atomic E-state index is -0.946. The topological polar surface area (TPSA) is 49.8 Å². The van der Waals surface area contributed by atoms with Gasteiger partial charge in [0.25, 0.3) is 0 Å². The molecule has 1 N–H and O–H groups in total. The largest absolute Gasteiger partial charge is 0.492 e. The number of carbonyl (C=O) groups is 1. The van der Waals surface area contributed by atoms with Crippen LogP contribution < -0.4 is 4.74 Å². The Labute approximate surface area is 119 Å². The van der Waals surface area contributed by atoms with Crippen LogP contribution in [0, 0.1) is 0 Å². The van der Waals surface area contributed by atoms with Gasteiger partial charge in [-0.25, -0.2) is 4.79 Å². The van der Waals surface area contributed by atoms with Gasteiger partial charge in [0.05, 0.1) is 0 Å². The Hall–Kier alpha value is -1.81. The van der Waals surface area contributed by atoms with Gasteiger partial charge in [0, 0.05) is 18.7 Å². The van der Waals surface area contributed by atoms with E-state index in [2.05, 4.69) is 11.9 Å². The average molecular weight is 275 g/mol. The zero-order chi connectivity index (χ0) is 14.4. The Bertz CT molecular complexity index is 480. The number of carboxylic acids is 1. The second kappa shape index (κ2) is 7.10. The summed E-state index contributed by atoms with van der Waals surface area (Å²) in [5, 5.41) is 8.60. The summed E-state index contributed by atoms with van der Waals surface area (Å²) >= 11 is 0. The monoisotopic (exact) mass is 275 g/mol. The lowest BCUT2D eigenvalue weighted by atomic mass is 9.92. The minimum absolute atomic E-state index is 0.652. The van der Waals surface area contributed by atoms with Crippen molar-refractivity contribution < 1.29 is 14.6 Å². The highest BCUT2D eigenvalue weighted by Gasteiger charge is 2.21. The molecule has 1 aliphatic carbocycles. The van der Waals surface area contributed by atoms with Gasteiger partial charge in [-0.2, -0.15) is 0 Å². The van der Waals surface area contributed by atoms with Gasteiger partial charge in [-0.3, -0.25) is 0 Å². The molecule has 0 radical (unpaired) electrons. The molecule has 0 aromatic heterocycles. The first-order chi connectivity index (χ1) is 9.65. The van der Waals surface area contributed by atoms with Crippen LogP contribution in [-0.4, -0.2) is 42.2 Å². The van der Waals surface area contributed by atoms with E-state index in [1.54, 1.807) is 6.08 Å². The predicted molar refractivity (Wildman–Crippen MR) is 78.9 cm³/mol. The summed E-state index contributed by atoms with van der Waals surface area (Å²) in [6, 6.07) is 8.19. The number of ether oxygens (including phenoxy) is 1. The number of nitrogens with zero attached hydrogens (tertiary/aromatic N) is 1. The Kier molecular flexibility index (Phi) is 5.18. The summed E-state index contributed by atoms with van der Waals surface area (Å²) in [5.41, 5.74) is 0.831. The molecule has 0 bridgehead atoms. The number of aliphatic carboxylic acids is 1. The van der Waals surface area contributed by atoms with Crippen LogP contribution in [0.5, 0.6) is 5.75 Å². The fraction of sp³-hybridized carbons (Fsp3) is 0.438. The van der Waals surface area contributed by atoms with Crippen LogP contribution in [0.25, 0.3) is 6.08 Å². The van der Waals surface area contributed by atoms with E-state index in [0.717, 1.165) is 30.0 Å². The highest BCUT2D eigenvalue weighted by molar-refractivity contribution is 5.85. The SMILES string of the molecule is CN(CCOc1cccc(/C=C/C(=O)O)c1)C1CCC1. The fourth-order valence-electron chi connectivity index (χ4n) is 2.19. The van der Waals surface area contributed by atoms with Crippen molar-refractivity contribution in [3.05, 3.63) is 35.9 Å². The van der Waals surface area contributed by atoms with Crippen LogP contribution in [-0.2, 0) is 4.79 Å². The van der Waals surface area contributed by atoms with E-state index in [9.17, 15) is 4.79 Å².